The van der Waals surface area contributed by atoms with Crippen molar-refractivity contribution in [2.45, 2.75) is 12.7 Å². The van der Waals surface area contributed by atoms with Crippen LogP contribution in [0.15, 0.2) is 29.1 Å². The first-order valence-electron chi connectivity index (χ1n) is 9.87. The number of nitro benzene ring substituents is 1. The molecule has 3 aromatic rings. The minimum atomic E-state index is -0.771. The van der Waals surface area contributed by atoms with Gasteiger partial charge >= 0.3 is 0 Å². The molecule has 0 radical (unpaired) electrons. The second-order valence-corrected chi connectivity index (χ2v) is 7.12. The van der Waals surface area contributed by atoms with E-state index in [-0.39, 0.29) is 52.6 Å². The van der Waals surface area contributed by atoms with Crippen LogP contribution in [0.4, 0.5) is 5.69 Å². The number of rotatable bonds is 8. The number of methoxy groups -OCH3 is 4. The summed E-state index contributed by atoms with van der Waals surface area (Å²) in [6.07, 6.45) is -0.758. The number of nitrogens with one attached hydrogen (secondary N) is 1. The standard InChI is InChI=1S/C22H22N2O9/c1-28-15-6-5-13-19(22(15)31-4)21(25)12(8-18(29-2)30-3)20(23-13)11-7-16-17(33-10-32-16)9-14(11)24(26)27/h5-7,9,18H,8,10H2,1-4H3,(H,23,25). The zero-order valence-electron chi connectivity index (χ0n) is 18.4. The van der Waals surface area contributed by atoms with Crippen molar-refractivity contribution in [3.05, 3.63) is 50.2 Å². The Labute approximate surface area is 187 Å². The van der Waals surface area contributed by atoms with Crippen LogP contribution in [0.1, 0.15) is 5.56 Å². The summed E-state index contributed by atoms with van der Waals surface area (Å²) in [5.41, 5.74) is 0.380. The molecule has 0 spiro atoms. The van der Waals surface area contributed by atoms with Gasteiger partial charge in [-0.05, 0) is 12.1 Å². The third-order valence-electron chi connectivity index (χ3n) is 5.46. The van der Waals surface area contributed by atoms with Crippen LogP contribution in [-0.2, 0) is 15.9 Å². The number of nitrogens with zero attached hydrogens (tertiary/aromatic N) is 1. The number of aromatic amines is 1. The fourth-order valence-corrected chi connectivity index (χ4v) is 3.87. The van der Waals surface area contributed by atoms with Gasteiger partial charge in [-0.1, -0.05) is 0 Å². The van der Waals surface area contributed by atoms with E-state index in [1.54, 1.807) is 12.1 Å². The van der Waals surface area contributed by atoms with Crippen molar-refractivity contribution in [1.82, 2.24) is 4.98 Å². The summed E-state index contributed by atoms with van der Waals surface area (Å²) in [5, 5.41) is 12.1. The molecule has 2 aromatic carbocycles. The first-order valence-corrected chi connectivity index (χ1v) is 9.87. The van der Waals surface area contributed by atoms with E-state index in [0.29, 0.717) is 17.0 Å². The summed E-state index contributed by atoms with van der Waals surface area (Å²) < 4.78 is 32.1. The number of hydrogen-bond acceptors (Lipinski definition) is 9. The van der Waals surface area contributed by atoms with Gasteiger partial charge in [0, 0.05) is 32.3 Å². The maximum atomic E-state index is 13.8. The Morgan fingerprint density at radius 1 is 1.09 bits per heavy atom. The van der Waals surface area contributed by atoms with E-state index in [1.165, 1.54) is 40.6 Å². The summed E-state index contributed by atoms with van der Waals surface area (Å²) in [4.78, 5) is 28.3. The van der Waals surface area contributed by atoms with Crippen molar-refractivity contribution in [3.63, 3.8) is 0 Å². The van der Waals surface area contributed by atoms with Crippen molar-refractivity contribution in [1.29, 1.82) is 0 Å². The van der Waals surface area contributed by atoms with Crippen LogP contribution in [0.2, 0.25) is 0 Å². The monoisotopic (exact) mass is 458 g/mol. The third kappa shape index (κ3) is 3.81. The second-order valence-electron chi connectivity index (χ2n) is 7.12. The van der Waals surface area contributed by atoms with Gasteiger partial charge in [0.15, 0.2) is 34.7 Å². The molecule has 0 aliphatic carbocycles. The summed E-state index contributed by atoms with van der Waals surface area (Å²) in [6, 6.07) is 6.05. The minimum absolute atomic E-state index is 0.0135. The SMILES string of the molecule is COc1ccc2[nH]c(-c3cc4c(cc3[N+](=O)[O-])OCO4)c(CC(OC)OC)c(=O)c2c1OC. The summed E-state index contributed by atoms with van der Waals surface area (Å²) in [5.74, 6) is 1.21. The molecule has 0 atom stereocenters. The normalized spacial score (nSPS) is 12.4. The van der Waals surface area contributed by atoms with Gasteiger partial charge in [0.05, 0.1) is 47.4 Å². The number of pyridine rings is 1. The summed E-state index contributed by atoms with van der Waals surface area (Å²) >= 11 is 0. The van der Waals surface area contributed by atoms with Crippen LogP contribution in [0, 0.1) is 10.1 Å². The zero-order valence-corrected chi connectivity index (χ0v) is 18.4. The van der Waals surface area contributed by atoms with E-state index >= 15 is 0 Å². The molecule has 11 heteroatoms. The molecule has 0 bridgehead atoms. The number of fused-ring (bicyclic) bond motifs is 2. The maximum absolute atomic E-state index is 13.8. The van der Waals surface area contributed by atoms with Gasteiger partial charge in [-0.3, -0.25) is 14.9 Å². The van der Waals surface area contributed by atoms with E-state index in [4.69, 9.17) is 28.4 Å². The highest BCUT2D eigenvalue weighted by Crippen LogP contribution is 2.43. The fourth-order valence-electron chi connectivity index (χ4n) is 3.87. The van der Waals surface area contributed by atoms with Crippen molar-refractivity contribution < 1.29 is 33.3 Å². The highest BCUT2D eigenvalue weighted by atomic mass is 16.7. The van der Waals surface area contributed by atoms with Gasteiger partial charge in [-0.2, -0.15) is 0 Å². The van der Waals surface area contributed by atoms with Crippen molar-refractivity contribution in [2.75, 3.05) is 35.2 Å². The Morgan fingerprint density at radius 3 is 2.39 bits per heavy atom. The summed E-state index contributed by atoms with van der Waals surface area (Å²) in [7, 11) is 5.78. The van der Waals surface area contributed by atoms with Crippen LogP contribution in [-0.4, -0.2) is 51.4 Å². The first-order chi connectivity index (χ1) is 15.9. The van der Waals surface area contributed by atoms with Crippen molar-refractivity contribution >= 4 is 16.6 Å². The van der Waals surface area contributed by atoms with Gasteiger partial charge in [-0.15, -0.1) is 0 Å². The maximum Gasteiger partial charge on any atom is 0.282 e. The number of benzene rings is 2. The molecule has 0 fully saturated rings. The molecule has 1 aliphatic heterocycles. The Morgan fingerprint density at radius 2 is 1.79 bits per heavy atom. The number of hydrogen-bond donors (Lipinski definition) is 1. The quantitative estimate of drug-likeness (QED) is 0.307. The lowest BCUT2D eigenvalue weighted by atomic mass is 9.98. The highest BCUT2D eigenvalue weighted by molar-refractivity contribution is 5.92. The molecular weight excluding hydrogens is 436 g/mol. The summed E-state index contributed by atoms with van der Waals surface area (Å²) in [6.45, 7) is -0.0521. The van der Waals surface area contributed by atoms with E-state index in [2.05, 4.69) is 4.98 Å². The number of H-pyrrole nitrogens is 1. The molecule has 0 saturated carbocycles. The van der Waals surface area contributed by atoms with Crippen LogP contribution in [0.25, 0.3) is 22.2 Å². The predicted octanol–water partition coefficient (Wildman–Crippen LogP) is 3.01. The molecule has 0 amide bonds. The van der Waals surface area contributed by atoms with E-state index in [9.17, 15) is 14.9 Å². The van der Waals surface area contributed by atoms with Gasteiger partial charge in [0.1, 0.15) is 0 Å². The van der Waals surface area contributed by atoms with E-state index in [1.807, 2.05) is 0 Å². The third-order valence-corrected chi connectivity index (χ3v) is 5.46. The Hall–Kier alpha value is -3.83. The molecule has 4 rings (SSSR count). The van der Waals surface area contributed by atoms with Gasteiger partial charge < -0.3 is 33.4 Å². The van der Waals surface area contributed by atoms with Gasteiger partial charge in [-0.25, -0.2) is 0 Å². The minimum Gasteiger partial charge on any atom is -0.493 e. The number of nitro groups is 1. The average Bonchev–Trinajstić information content (AvgIpc) is 3.29. The Kier molecular flexibility index (Phi) is 6.07. The second kappa shape index (κ2) is 8.96. The molecule has 1 aromatic heterocycles. The van der Waals surface area contributed by atoms with E-state index < -0.39 is 16.6 Å². The molecule has 0 saturated heterocycles. The molecule has 33 heavy (non-hydrogen) atoms. The fraction of sp³-hybridized carbons (Fsp3) is 0.318. The number of ether oxygens (including phenoxy) is 6. The first kappa shape index (κ1) is 22.4. The lowest BCUT2D eigenvalue weighted by Crippen LogP contribution is -2.23. The molecule has 2 heterocycles. The molecule has 11 nitrogen and oxygen atoms in total. The van der Waals surface area contributed by atoms with Crippen LogP contribution in [0.5, 0.6) is 23.0 Å². The predicted molar refractivity (Wildman–Crippen MR) is 117 cm³/mol. The van der Waals surface area contributed by atoms with Crippen LogP contribution < -0.4 is 24.4 Å². The van der Waals surface area contributed by atoms with Crippen molar-refractivity contribution in [2.24, 2.45) is 0 Å². The molecular formula is C22H22N2O9. The molecule has 174 valence electrons. The van der Waals surface area contributed by atoms with Crippen molar-refractivity contribution in [3.8, 4) is 34.3 Å². The average molecular weight is 458 g/mol. The van der Waals surface area contributed by atoms with E-state index in [0.717, 1.165) is 0 Å². The lowest BCUT2D eigenvalue weighted by molar-refractivity contribution is -0.384. The van der Waals surface area contributed by atoms with Gasteiger partial charge in [0.25, 0.3) is 5.69 Å². The Bertz CT molecular complexity index is 1280. The molecule has 0 unspecified atom stereocenters. The largest absolute Gasteiger partial charge is 0.493 e. The zero-order chi connectivity index (χ0) is 23.7. The molecule has 1 aliphatic rings. The van der Waals surface area contributed by atoms with Crippen LogP contribution >= 0.6 is 0 Å². The van der Waals surface area contributed by atoms with Gasteiger partial charge in [0.2, 0.25) is 6.79 Å². The van der Waals surface area contributed by atoms with Crippen LogP contribution in [0.3, 0.4) is 0 Å². The smallest absolute Gasteiger partial charge is 0.282 e. The topological polar surface area (TPSA) is 131 Å². The Balaban J connectivity index is 2.08. The number of aromatic nitrogens is 1. The molecule has 1 N–H and O–H groups in total. The highest BCUT2D eigenvalue weighted by Gasteiger charge is 2.29. The lowest BCUT2D eigenvalue weighted by Gasteiger charge is -2.18.